The monoisotopic (exact) mass is 276 g/mol. The third kappa shape index (κ3) is 5.26. The first-order valence-electron chi connectivity index (χ1n) is 5.77. The summed E-state index contributed by atoms with van der Waals surface area (Å²) >= 11 is 0. The molecule has 0 aliphatic carbocycles. The number of nitrogens with zero attached hydrogens (tertiary/aromatic N) is 1. The van der Waals surface area contributed by atoms with Crippen molar-refractivity contribution in [2.24, 2.45) is 5.73 Å². The van der Waals surface area contributed by atoms with Crippen molar-refractivity contribution in [3.63, 3.8) is 0 Å². The van der Waals surface area contributed by atoms with E-state index in [-0.39, 0.29) is 24.8 Å². The van der Waals surface area contributed by atoms with Crippen LogP contribution in [0.1, 0.15) is 24.0 Å². The lowest BCUT2D eigenvalue weighted by Gasteiger charge is -2.30. The minimum Gasteiger partial charge on any atom is -0.328 e. The van der Waals surface area contributed by atoms with E-state index in [9.17, 15) is 0 Å². The number of piperidine rings is 1. The van der Waals surface area contributed by atoms with Gasteiger partial charge in [0.05, 0.1) is 0 Å². The molecule has 4 heteroatoms. The molecule has 2 nitrogen and oxygen atoms in total. The maximum Gasteiger partial charge on any atom is 0.0233 e. The van der Waals surface area contributed by atoms with Gasteiger partial charge in [-0.1, -0.05) is 29.8 Å². The normalized spacial score (nSPS) is 17.1. The smallest absolute Gasteiger partial charge is 0.0233 e. The van der Waals surface area contributed by atoms with E-state index in [1.54, 1.807) is 0 Å². The van der Waals surface area contributed by atoms with Gasteiger partial charge in [-0.2, -0.15) is 0 Å². The van der Waals surface area contributed by atoms with E-state index in [0.717, 1.165) is 32.5 Å². The average Bonchev–Trinajstić information content (AvgIpc) is 2.22. The second kappa shape index (κ2) is 7.93. The number of hydrogen-bond acceptors (Lipinski definition) is 2. The molecule has 0 atom stereocenters. The topological polar surface area (TPSA) is 29.3 Å². The van der Waals surface area contributed by atoms with Crippen LogP contribution in [0.4, 0.5) is 0 Å². The predicted molar refractivity (Wildman–Crippen MR) is 78.2 cm³/mol. The zero-order chi connectivity index (χ0) is 10.7. The highest BCUT2D eigenvalue weighted by Gasteiger charge is 2.15. The molecular formula is C13H22Cl2N2. The number of benzene rings is 1. The largest absolute Gasteiger partial charge is 0.328 e. The molecule has 1 aromatic rings. The van der Waals surface area contributed by atoms with E-state index >= 15 is 0 Å². The van der Waals surface area contributed by atoms with Gasteiger partial charge in [0.25, 0.3) is 0 Å². The maximum absolute atomic E-state index is 5.89. The molecule has 2 N–H and O–H groups in total. The van der Waals surface area contributed by atoms with Gasteiger partial charge in [0, 0.05) is 12.6 Å². The van der Waals surface area contributed by atoms with Crippen molar-refractivity contribution in [2.45, 2.75) is 32.4 Å². The average molecular weight is 277 g/mol. The molecule has 0 radical (unpaired) electrons. The summed E-state index contributed by atoms with van der Waals surface area (Å²) < 4.78 is 0. The van der Waals surface area contributed by atoms with Crippen molar-refractivity contribution in [3.8, 4) is 0 Å². The lowest BCUT2D eigenvalue weighted by atomic mass is 10.0. The summed E-state index contributed by atoms with van der Waals surface area (Å²) in [6, 6.07) is 9.20. The van der Waals surface area contributed by atoms with Crippen molar-refractivity contribution < 1.29 is 0 Å². The van der Waals surface area contributed by atoms with Gasteiger partial charge in [-0.25, -0.2) is 0 Å². The molecule has 0 unspecified atom stereocenters. The lowest BCUT2D eigenvalue weighted by Crippen LogP contribution is -2.39. The zero-order valence-corrected chi connectivity index (χ0v) is 11.9. The number of likely N-dealkylation sites (tertiary alicyclic amines) is 1. The SMILES string of the molecule is Cc1cccc(CN2CCC(N)CC2)c1.Cl.Cl. The summed E-state index contributed by atoms with van der Waals surface area (Å²) in [4.78, 5) is 2.50. The van der Waals surface area contributed by atoms with Crippen molar-refractivity contribution in [2.75, 3.05) is 13.1 Å². The molecule has 1 aromatic carbocycles. The summed E-state index contributed by atoms with van der Waals surface area (Å²) in [6.07, 6.45) is 2.29. The Morgan fingerprint density at radius 3 is 2.47 bits per heavy atom. The van der Waals surface area contributed by atoms with Crippen LogP contribution >= 0.6 is 24.8 Å². The first-order valence-corrected chi connectivity index (χ1v) is 5.77. The molecule has 0 amide bonds. The zero-order valence-electron chi connectivity index (χ0n) is 10.3. The fraction of sp³-hybridized carbons (Fsp3) is 0.538. The molecule has 0 saturated carbocycles. The molecule has 17 heavy (non-hydrogen) atoms. The number of rotatable bonds is 2. The molecule has 1 aliphatic heterocycles. The van der Waals surface area contributed by atoms with Crippen LogP contribution in [-0.2, 0) is 6.54 Å². The van der Waals surface area contributed by atoms with E-state index in [0.29, 0.717) is 6.04 Å². The molecule has 0 bridgehead atoms. The Bertz CT molecular complexity index is 323. The Hall–Kier alpha value is -0.280. The Labute approximate surface area is 116 Å². The second-order valence-electron chi connectivity index (χ2n) is 4.60. The summed E-state index contributed by atoms with van der Waals surface area (Å²) in [6.45, 7) is 5.52. The summed E-state index contributed by atoms with van der Waals surface area (Å²) in [7, 11) is 0. The van der Waals surface area contributed by atoms with Crippen molar-refractivity contribution in [3.05, 3.63) is 35.4 Å². The van der Waals surface area contributed by atoms with E-state index in [2.05, 4.69) is 36.1 Å². The van der Waals surface area contributed by atoms with Crippen LogP contribution in [0.5, 0.6) is 0 Å². The Kier molecular flexibility index (Phi) is 7.80. The van der Waals surface area contributed by atoms with Crippen LogP contribution in [0.3, 0.4) is 0 Å². The van der Waals surface area contributed by atoms with Crippen LogP contribution in [-0.4, -0.2) is 24.0 Å². The first-order chi connectivity index (χ1) is 7.24. The Balaban J connectivity index is 0.00000128. The second-order valence-corrected chi connectivity index (χ2v) is 4.60. The van der Waals surface area contributed by atoms with Crippen LogP contribution < -0.4 is 5.73 Å². The van der Waals surface area contributed by atoms with Crippen molar-refractivity contribution in [1.29, 1.82) is 0 Å². The van der Waals surface area contributed by atoms with Gasteiger partial charge in [-0.15, -0.1) is 24.8 Å². The molecule has 0 aromatic heterocycles. The van der Waals surface area contributed by atoms with Gasteiger partial charge in [0.15, 0.2) is 0 Å². The molecular weight excluding hydrogens is 255 g/mol. The number of nitrogens with two attached hydrogens (primary N) is 1. The third-order valence-corrected chi connectivity index (χ3v) is 3.12. The minimum atomic E-state index is 0. The lowest BCUT2D eigenvalue weighted by molar-refractivity contribution is 0.205. The van der Waals surface area contributed by atoms with Crippen LogP contribution in [0, 0.1) is 6.92 Å². The number of hydrogen-bond donors (Lipinski definition) is 1. The third-order valence-electron chi connectivity index (χ3n) is 3.12. The van der Waals surface area contributed by atoms with E-state index in [1.165, 1.54) is 11.1 Å². The first kappa shape index (κ1) is 16.7. The van der Waals surface area contributed by atoms with Gasteiger partial charge >= 0.3 is 0 Å². The molecule has 1 saturated heterocycles. The van der Waals surface area contributed by atoms with Gasteiger partial charge in [0.2, 0.25) is 0 Å². The number of halogens is 2. The fourth-order valence-electron chi connectivity index (χ4n) is 2.18. The highest BCUT2D eigenvalue weighted by molar-refractivity contribution is 5.85. The molecule has 0 spiro atoms. The quantitative estimate of drug-likeness (QED) is 0.900. The minimum absolute atomic E-state index is 0. The molecule has 1 aliphatic rings. The summed E-state index contributed by atoms with van der Waals surface area (Å²) in [5.41, 5.74) is 8.66. The van der Waals surface area contributed by atoms with E-state index in [4.69, 9.17) is 5.73 Å². The van der Waals surface area contributed by atoms with Gasteiger partial charge < -0.3 is 5.73 Å². The molecule has 1 heterocycles. The summed E-state index contributed by atoms with van der Waals surface area (Å²) in [5.74, 6) is 0. The van der Waals surface area contributed by atoms with Crippen LogP contribution in [0.25, 0.3) is 0 Å². The standard InChI is InChI=1S/C13H20N2.2ClH/c1-11-3-2-4-12(9-11)10-15-7-5-13(14)6-8-15;;/h2-4,9,13H,5-8,10,14H2,1H3;2*1H. The van der Waals surface area contributed by atoms with Gasteiger partial charge in [0.1, 0.15) is 0 Å². The fourth-order valence-corrected chi connectivity index (χ4v) is 2.18. The highest BCUT2D eigenvalue weighted by Crippen LogP contribution is 2.13. The van der Waals surface area contributed by atoms with Crippen molar-refractivity contribution in [1.82, 2.24) is 4.90 Å². The Morgan fingerprint density at radius 2 is 1.88 bits per heavy atom. The highest BCUT2D eigenvalue weighted by atomic mass is 35.5. The van der Waals surface area contributed by atoms with Gasteiger partial charge in [-0.3, -0.25) is 4.90 Å². The molecule has 98 valence electrons. The van der Waals surface area contributed by atoms with Crippen molar-refractivity contribution >= 4 is 24.8 Å². The van der Waals surface area contributed by atoms with E-state index in [1.807, 2.05) is 0 Å². The van der Waals surface area contributed by atoms with Crippen LogP contribution in [0.2, 0.25) is 0 Å². The Morgan fingerprint density at radius 1 is 1.24 bits per heavy atom. The number of aryl methyl sites for hydroxylation is 1. The van der Waals surface area contributed by atoms with Crippen LogP contribution in [0.15, 0.2) is 24.3 Å². The molecule has 2 rings (SSSR count). The summed E-state index contributed by atoms with van der Waals surface area (Å²) in [5, 5.41) is 0. The predicted octanol–water partition coefficient (Wildman–Crippen LogP) is 2.76. The molecule has 1 fully saturated rings. The maximum atomic E-state index is 5.89. The van der Waals surface area contributed by atoms with Gasteiger partial charge in [-0.05, 0) is 38.4 Å². The van der Waals surface area contributed by atoms with E-state index < -0.39 is 0 Å².